The molecule has 2 heterocycles. The molecule has 0 amide bonds. The maximum Gasteiger partial charge on any atom is 0.258 e. The Balaban J connectivity index is 2.00. The van der Waals surface area contributed by atoms with Crippen molar-refractivity contribution < 1.29 is 8.91 Å². The second kappa shape index (κ2) is 5.42. The summed E-state index contributed by atoms with van der Waals surface area (Å²) in [5.74, 6) is 0.334. The smallest absolute Gasteiger partial charge is 0.258 e. The van der Waals surface area contributed by atoms with Crippen molar-refractivity contribution in [3.05, 3.63) is 48.4 Å². The molecule has 3 aromatic rings. The van der Waals surface area contributed by atoms with Gasteiger partial charge in [-0.15, -0.1) is 11.8 Å². The van der Waals surface area contributed by atoms with Crippen LogP contribution in [-0.2, 0) is 0 Å². The van der Waals surface area contributed by atoms with Gasteiger partial charge in [0.1, 0.15) is 11.5 Å². The molecule has 0 N–H and O–H groups in total. The van der Waals surface area contributed by atoms with Gasteiger partial charge in [0.05, 0.1) is 0 Å². The Morgan fingerprint density at radius 1 is 1.20 bits per heavy atom. The van der Waals surface area contributed by atoms with E-state index in [1.54, 1.807) is 12.3 Å². The summed E-state index contributed by atoms with van der Waals surface area (Å²) in [6, 6.07) is 10.1. The van der Waals surface area contributed by atoms with E-state index in [2.05, 4.69) is 15.1 Å². The molecule has 0 fully saturated rings. The lowest BCUT2D eigenvalue weighted by Crippen LogP contribution is -1.85. The van der Waals surface area contributed by atoms with E-state index in [0.717, 1.165) is 4.90 Å². The first kappa shape index (κ1) is 12.8. The zero-order chi connectivity index (χ0) is 13.9. The Labute approximate surface area is 119 Å². The number of benzene rings is 1. The van der Waals surface area contributed by atoms with E-state index in [1.165, 1.54) is 23.9 Å². The molecule has 0 unspecified atom stereocenters. The van der Waals surface area contributed by atoms with Gasteiger partial charge < -0.3 is 4.52 Å². The highest BCUT2D eigenvalue weighted by atomic mass is 32.2. The zero-order valence-electron chi connectivity index (χ0n) is 10.6. The lowest BCUT2D eigenvalue weighted by Gasteiger charge is -1.99. The molecule has 0 aliphatic rings. The molecule has 0 bridgehead atoms. The topological polar surface area (TPSA) is 51.8 Å². The average molecular weight is 287 g/mol. The van der Waals surface area contributed by atoms with Gasteiger partial charge in [0.25, 0.3) is 5.89 Å². The highest BCUT2D eigenvalue weighted by Gasteiger charge is 2.12. The van der Waals surface area contributed by atoms with E-state index >= 15 is 0 Å². The van der Waals surface area contributed by atoms with Crippen LogP contribution in [-0.4, -0.2) is 21.4 Å². The van der Waals surface area contributed by atoms with Crippen molar-refractivity contribution in [2.75, 3.05) is 6.26 Å². The Kier molecular flexibility index (Phi) is 3.47. The number of hydrogen-bond acceptors (Lipinski definition) is 5. The molecule has 0 saturated heterocycles. The van der Waals surface area contributed by atoms with Crippen LogP contribution in [0.5, 0.6) is 0 Å². The van der Waals surface area contributed by atoms with E-state index in [0.29, 0.717) is 17.1 Å². The van der Waals surface area contributed by atoms with Crippen LogP contribution in [0.3, 0.4) is 0 Å². The van der Waals surface area contributed by atoms with Crippen LogP contribution >= 0.6 is 11.8 Å². The third kappa shape index (κ3) is 2.55. The lowest BCUT2D eigenvalue weighted by atomic mass is 10.2. The standard InChI is InChI=1S/C14H10FN3OS/c1-20-11-7-9(6-10(15)8-11)14-17-13(18-19-14)12-4-2-3-5-16-12/h2-8H,1H3. The van der Waals surface area contributed by atoms with Gasteiger partial charge in [-0.1, -0.05) is 11.2 Å². The number of halogens is 1. The molecule has 0 saturated carbocycles. The minimum atomic E-state index is -0.329. The molecular weight excluding hydrogens is 277 g/mol. The molecule has 6 heteroatoms. The number of aromatic nitrogens is 3. The minimum absolute atomic E-state index is 0.278. The number of pyridine rings is 1. The SMILES string of the molecule is CSc1cc(F)cc(-c2nc(-c3ccccn3)no2)c1. The van der Waals surface area contributed by atoms with Crippen molar-refractivity contribution in [3.8, 4) is 23.0 Å². The van der Waals surface area contributed by atoms with Crippen molar-refractivity contribution in [3.63, 3.8) is 0 Å². The fraction of sp³-hybridized carbons (Fsp3) is 0.0714. The molecule has 0 aliphatic carbocycles. The fourth-order valence-corrected chi connectivity index (χ4v) is 2.22. The van der Waals surface area contributed by atoms with Crippen LogP contribution in [0.1, 0.15) is 0 Å². The van der Waals surface area contributed by atoms with Crippen LogP contribution < -0.4 is 0 Å². The number of nitrogens with zero attached hydrogens (tertiary/aromatic N) is 3. The highest BCUT2D eigenvalue weighted by Crippen LogP contribution is 2.26. The molecule has 1 aromatic carbocycles. The molecule has 2 aromatic heterocycles. The van der Waals surface area contributed by atoms with Crippen molar-refractivity contribution in [1.82, 2.24) is 15.1 Å². The highest BCUT2D eigenvalue weighted by molar-refractivity contribution is 7.98. The van der Waals surface area contributed by atoms with E-state index < -0.39 is 0 Å². The van der Waals surface area contributed by atoms with Gasteiger partial charge in [-0.05, 0) is 36.6 Å². The first-order valence-electron chi connectivity index (χ1n) is 5.86. The summed E-state index contributed by atoms with van der Waals surface area (Å²) in [4.78, 5) is 9.20. The Morgan fingerprint density at radius 3 is 2.85 bits per heavy atom. The molecular formula is C14H10FN3OS. The van der Waals surface area contributed by atoms with Gasteiger partial charge in [0.15, 0.2) is 0 Å². The summed E-state index contributed by atoms with van der Waals surface area (Å²) in [5, 5.41) is 3.87. The van der Waals surface area contributed by atoms with Gasteiger partial charge in [-0.3, -0.25) is 4.98 Å². The molecule has 4 nitrogen and oxygen atoms in total. The monoisotopic (exact) mass is 287 g/mol. The van der Waals surface area contributed by atoms with Crippen LogP contribution in [0, 0.1) is 5.82 Å². The van der Waals surface area contributed by atoms with E-state index in [-0.39, 0.29) is 11.7 Å². The minimum Gasteiger partial charge on any atom is -0.334 e. The van der Waals surface area contributed by atoms with Crippen LogP contribution in [0.2, 0.25) is 0 Å². The first-order chi connectivity index (χ1) is 9.76. The molecule has 0 spiro atoms. The van der Waals surface area contributed by atoms with Gasteiger partial charge in [0, 0.05) is 16.7 Å². The Morgan fingerprint density at radius 2 is 2.10 bits per heavy atom. The van der Waals surface area contributed by atoms with Crippen molar-refractivity contribution >= 4 is 11.8 Å². The normalized spacial score (nSPS) is 10.7. The lowest BCUT2D eigenvalue weighted by molar-refractivity contribution is 0.431. The van der Waals surface area contributed by atoms with Crippen LogP contribution in [0.4, 0.5) is 4.39 Å². The summed E-state index contributed by atoms with van der Waals surface area (Å²) in [7, 11) is 0. The number of thioether (sulfide) groups is 1. The second-order valence-electron chi connectivity index (χ2n) is 4.02. The summed E-state index contributed by atoms with van der Waals surface area (Å²) in [6.45, 7) is 0. The molecule has 0 radical (unpaired) electrons. The van der Waals surface area contributed by atoms with Crippen molar-refractivity contribution in [2.45, 2.75) is 4.90 Å². The predicted molar refractivity (Wildman–Crippen MR) is 74.7 cm³/mol. The molecule has 0 atom stereocenters. The number of rotatable bonds is 3. The third-order valence-corrected chi connectivity index (χ3v) is 3.38. The summed E-state index contributed by atoms with van der Waals surface area (Å²) in [6.07, 6.45) is 3.53. The Hall–Kier alpha value is -2.21. The summed E-state index contributed by atoms with van der Waals surface area (Å²) in [5.41, 5.74) is 1.17. The van der Waals surface area contributed by atoms with Crippen LogP contribution in [0.25, 0.3) is 23.0 Å². The molecule has 3 rings (SSSR count). The maximum absolute atomic E-state index is 13.5. The largest absolute Gasteiger partial charge is 0.334 e. The Bertz CT molecular complexity index is 730. The van der Waals surface area contributed by atoms with Gasteiger partial charge >= 0.3 is 0 Å². The molecule has 100 valence electrons. The van der Waals surface area contributed by atoms with Crippen LogP contribution in [0.15, 0.2) is 52.0 Å². The predicted octanol–water partition coefficient (Wildman–Crippen LogP) is 3.66. The van der Waals surface area contributed by atoms with Gasteiger partial charge in [-0.2, -0.15) is 4.98 Å². The second-order valence-corrected chi connectivity index (χ2v) is 4.90. The zero-order valence-corrected chi connectivity index (χ0v) is 11.4. The van der Waals surface area contributed by atoms with E-state index in [9.17, 15) is 4.39 Å². The molecule has 20 heavy (non-hydrogen) atoms. The summed E-state index contributed by atoms with van der Waals surface area (Å²) >= 11 is 1.45. The average Bonchev–Trinajstić information content (AvgIpc) is 2.97. The van der Waals surface area contributed by atoms with Crippen molar-refractivity contribution in [1.29, 1.82) is 0 Å². The van der Waals surface area contributed by atoms with Gasteiger partial charge in [-0.25, -0.2) is 4.39 Å². The quantitative estimate of drug-likeness (QED) is 0.688. The number of hydrogen-bond donors (Lipinski definition) is 0. The first-order valence-corrected chi connectivity index (χ1v) is 7.09. The van der Waals surface area contributed by atoms with E-state index in [4.69, 9.17) is 4.52 Å². The van der Waals surface area contributed by atoms with Crippen molar-refractivity contribution in [2.24, 2.45) is 0 Å². The summed E-state index contributed by atoms with van der Waals surface area (Å²) < 4.78 is 18.7. The third-order valence-electron chi connectivity index (χ3n) is 2.67. The van der Waals surface area contributed by atoms with Gasteiger partial charge in [0.2, 0.25) is 5.82 Å². The maximum atomic E-state index is 13.5. The van der Waals surface area contributed by atoms with E-state index in [1.807, 2.05) is 24.5 Å². The molecule has 0 aliphatic heterocycles. The fourth-order valence-electron chi connectivity index (χ4n) is 1.74.